The van der Waals surface area contributed by atoms with Gasteiger partial charge in [0.1, 0.15) is 6.61 Å². The lowest BCUT2D eigenvalue weighted by atomic mass is 10.0. The van der Waals surface area contributed by atoms with Gasteiger partial charge in [-0.3, -0.25) is 9.59 Å². The van der Waals surface area contributed by atoms with Crippen LogP contribution in [0.25, 0.3) is 0 Å². The highest BCUT2D eigenvalue weighted by Gasteiger charge is 2.16. The molecule has 408 valence electrons. The van der Waals surface area contributed by atoms with Crippen LogP contribution in [-0.2, 0) is 19.1 Å². The zero-order valence-electron chi connectivity index (χ0n) is 46.6. The van der Waals surface area contributed by atoms with Crippen molar-refractivity contribution >= 4 is 11.9 Å². The second-order valence-electron chi connectivity index (χ2n) is 19.3. The van der Waals surface area contributed by atoms with Crippen molar-refractivity contribution in [2.75, 3.05) is 13.2 Å². The van der Waals surface area contributed by atoms with Crippen molar-refractivity contribution in [1.29, 1.82) is 0 Å². The Morgan fingerprint density at radius 3 is 0.903 bits per heavy atom. The fraction of sp³-hybridized carbons (Fsp3) is 0.642. The number of esters is 2. The maximum atomic E-state index is 12.3. The Bertz CT molecular complexity index is 1500. The van der Waals surface area contributed by atoms with E-state index in [1.165, 1.54) is 128 Å². The van der Waals surface area contributed by atoms with Crippen LogP contribution in [-0.4, -0.2) is 36.4 Å². The zero-order chi connectivity index (χ0) is 52.0. The molecule has 0 fully saturated rings. The summed E-state index contributed by atoms with van der Waals surface area (Å²) in [6.07, 6.45) is 91.3. The largest absolute Gasteiger partial charge is 0.462 e. The molecule has 5 heteroatoms. The summed E-state index contributed by atoms with van der Waals surface area (Å²) in [7, 11) is 0. The zero-order valence-corrected chi connectivity index (χ0v) is 46.6. The van der Waals surface area contributed by atoms with Gasteiger partial charge < -0.3 is 14.6 Å². The molecule has 0 radical (unpaired) electrons. The number of hydrogen-bond acceptors (Lipinski definition) is 5. The molecule has 72 heavy (non-hydrogen) atoms. The lowest BCUT2D eigenvalue weighted by molar-refractivity contribution is -0.161. The van der Waals surface area contributed by atoms with E-state index in [9.17, 15) is 14.7 Å². The highest BCUT2D eigenvalue weighted by Crippen LogP contribution is 2.15. The van der Waals surface area contributed by atoms with Crippen LogP contribution in [0, 0.1) is 0 Å². The van der Waals surface area contributed by atoms with E-state index in [1.807, 2.05) is 0 Å². The van der Waals surface area contributed by atoms with Crippen molar-refractivity contribution in [2.45, 2.75) is 264 Å². The monoisotopic (exact) mass is 995 g/mol. The summed E-state index contributed by atoms with van der Waals surface area (Å²) in [5.74, 6) is -0.608. The predicted molar refractivity (Wildman–Crippen MR) is 315 cm³/mol. The molecule has 0 spiro atoms. The normalized spacial score (nSPS) is 13.2. The number of aliphatic hydroxyl groups is 1. The molecular weight excluding hydrogens is 885 g/mol. The Labute approximate surface area is 445 Å². The van der Waals surface area contributed by atoms with E-state index < -0.39 is 6.10 Å². The van der Waals surface area contributed by atoms with E-state index >= 15 is 0 Å². The third-order valence-electron chi connectivity index (χ3n) is 12.4. The van der Waals surface area contributed by atoms with Gasteiger partial charge >= 0.3 is 11.9 Å². The maximum Gasteiger partial charge on any atom is 0.306 e. The quantitative estimate of drug-likeness (QED) is 0.0373. The lowest BCUT2D eigenvalue weighted by Gasteiger charge is -2.15. The topological polar surface area (TPSA) is 72.8 Å². The molecule has 0 saturated carbocycles. The fourth-order valence-electron chi connectivity index (χ4n) is 7.99. The van der Waals surface area contributed by atoms with Crippen LogP contribution in [0.3, 0.4) is 0 Å². The smallest absolute Gasteiger partial charge is 0.306 e. The van der Waals surface area contributed by atoms with Gasteiger partial charge in [0.25, 0.3) is 0 Å². The average molecular weight is 996 g/mol. The number of rotatable bonds is 53. The maximum absolute atomic E-state index is 12.3. The van der Waals surface area contributed by atoms with Crippen molar-refractivity contribution in [1.82, 2.24) is 0 Å². The second kappa shape index (κ2) is 61.3. The summed E-state index contributed by atoms with van der Waals surface area (Å²) >= 11 is 0. The molecule has 0 aliphatic rings. The predicted octanol–water partition coefficient (Wildman–Crippen LogP) is 20.4. The Balaban J connectivity index is 3.58. The molecule has 0 saturated heterocycles. The third kappa shape index (κ3) is 58.6. The number of hydrogen-bond donors (Lipinski definition) is 1. The summed E-state index contributed by atoms with van der Waals surface area (Å²) in [4.78, 5) is 24.6. The third-order valence-corrected chi connectivity index (χ3v) is 12.4. The van der Waals surface area contributed by atoms with Gasteiger partial charge in [-0.15, -0.1) is 0 Å². The molecule has 0 bridgehead atoms. The van der Waals surface area contributed by atoms with Crippen molar-refractivity contribution in [3.05, 3.63) is 134 Å². The minimum Gasteiger partial charge on any atom is -0.462 e. The summed E-state index contributed by atoms with van der Waals surface area (Å²) in [6, 6.07) is 0. The van der Waals surface area contributed by atoms with E-state index in [0.717, 1.165) is 103 Å². The average Bonchev–Trinajstić information content (AvgIpc) is 3.38. The highest BCUT2D eigenvalue weighted by atomic mass is 16.6. The van der Waals surface area contributed by atoms with Crippen LogP contribution in [0.15, 0.2) is 134 Å². The van der Waals surface area contributed by atoms with Crippen molar-refractivity contribution < 1.29 is 24.2 Å². The van der Waals surface area contributed by atoms with Gasteiger partial charge in [-0.25, -0.2) is 0 Å². The summed E-state index contributed by atoms with van der Waals surface area (Å²) in [5, 5.41) is 9.66. The Hall–Kier alpha value is -3.96. The van der Waals surface area contributed by atoms with Crippen LogP contribution in [0.2, 0.25) is 0 Å². The minimum absolute atomic E-state index is 0.0783. The lowest BCUT2D eigenvalue weighted by Crippen LogP contribution is -2.28. The van der Waals surface area contributed by atoms with Gasteiger partial charge in [0.15, 0.2) is 6.10 Å². The van der Waals surface area contributed by atoms with E-state index in [4.69, 9.17) is 9.47 Å². The summed E-state index contributed by atoms with van der Waals surface area (Å²) < 4.78 is 10.7. The second-order valence-corrected chi connectivity index (χ2v) is 19.3. The summed E-state index contributed by atoms with van der Waals surface area (Å²) in [6.45, 7) is 4.01. The van der Waals surface area contributed by atoms with Crippen LogP contribution in [0.4, 0.5) is 0 Å². The molecule has 1 N–H and O–H groups in total. The SMILES string of the molecule is CC/C=C\C/C=C\C/C=C\C/C=C\C/C=C\C/C=C\C/C=C\C/C=C\CCCCCCCCCCCCC(=O)OC(CO)COC(=O)CCCCCCCCCC/C=C\C/C=C\C/C=C\CCCCCCC. The molecule has 0 amide bonds. The first-order valence-corrected chi connectivity index (χ1v) is 29.7. The first kappa shape index (κ1) is 68.0. The fourth-order valence-corrected chi connectivity index (χ4v) is 7.99. The molecule has 0 aliphatic heterocycles. The number of carbonyl (C=O) groups is 2. The highest BCUT2D eigenvalue weighted by molar-refractivity contribution is 5.70. The molecule has 0 aromatic heterocycles. The van der Waals surface area contributed by atoms with Gasteiger partial charge in [0, 0.05) is 12.8 Å². The molecule has 0 aromatic carbocycles. The van der Waals surface area contributed by atoms with Crippen LogP contribution in [0.1, 0.15) is 258 Å². The molecule has 0 rings (SSSR count). The molecule has 0 heterocycles. The summed E-state index contributed by atoms with van der Waals surface area (Å²) in [5.41, 5.74) is 0. The number of ether oxygens (including phenoxy) is 2. The molecule has 1 unspecified atom stereocenters. The van der Waals surface area contributed by atoms with E-state index in [-0.39, 0.29) is 25.2 Å². The molecule has 0 aliphatic carbocycles. The first-order valence-electron chi connectivity index (χ1n) is 29.7. The Kier molecular flexibility index (Phi) is 58.0. The van der Waals surface area contributed by atoms with E-state index in [0.29, 0.717) is 12.8 Å². The van der Waals surface area contributed by atoms with E-state index in [2.05, 4.69) is 148 Å². The van der Waals surface area contributed by atoms with Gasteiger partial charge in [0.2, 0.25) is 0 Å². The number of allylic oxidation sites excluding steroid dienone is 22. The van der Waals surface area contributed by atoms with Gasteiger partial charge in [-0.1, -0.05) is 263 Å². The van der Waals surface area contributed by atoms with Crippen molar-refractivity contribution in [3.63, 3.8) is 0 Å². The van der Waals surface area contributed by atoms with Crippen LogP contribution >= 0.6 is 0 Å². The van der Waals surface area contributed by atoms with E-state index in [1.54, 1.807) is 0 Å². The number of unbranched alkanes of at least 4 members (excludes halogenated alkanes) is 23. The Morgan fingerprint density at radius 2 is 0.597 bits per heavy atom. The van der Waals surface area contributed by atoms with Crippen molar-refractivity contribution in [2.24, 2.45) is 0 Å². The first-order chi connectivity index (χ1) is 35.6. The Morgan fingerprint density at radius 1 is 0.333 bits per heavy atom. The van der Waals surface area contributed by atoms with Gasteiger partial charge in [0.05, 0.1) is 6.61 Å². The van der Waals surface area contributed by atoms with Gasteiger partial charge in [-0.2, -0.15) is 0 Å². The number of aliphatic hydroxyl groups excluding tert-OH is 1. The molecular formula is C67H110O5. The molecule has 5 nitrogen and oxygen atoms in total. The van der Waals surface area contributed by atoms with Gasteiger partial charge in [-0.05, 0) is 116 Å². The van der Waals surface area contributed by atoms with Crippen LogP contribution < -0.4 is 0 Å². The standard InChI is InChI=1S/C67H110O5/c1-3-5-7-9-11-13-15-17-19-21-23-25-27-28-29-30-31-32-33-34-35-36-37-38-40-42-44-46-48-50-52-54-56-58-60-62-67(70)72-65(63-68)64-71-66(69)61-59-57-55-53-51-49-47-45-43-41-39-26-24-22-20-18-16-14-12-10-8-6-4-2/h5,7,11,13,16-19,22-25,28-29,31-32,34-35,37-39,41,65,68H,3-4,6,8-10,12,14-15,20-21,26-27,30,33,36,40,42-64H2,1-2H3/b7-5-,13-11-,18-16-,19-17-,24-22-,25-23-,29-28-,32-31-,35-34-,38-37-,41-39-. The van der Waals surface area contributed by atoms with Crippen molar-refractivity contribution in [3.8, 4) is 0 Å². The number of carbonyl (C=O) groups excluding carboxylic acids is 2. The molecule has 1 atom stereocenters. The minimum atomic E-state index is -0.788. The van der Waals surface area contributed by atoms with Crippen LogP contribution in [0.5, 0.6) is 0 Å². The molecule has 0 aromatic rings.